The molecular weight excluding hydrogens is 258 g/mol. The molecule has 20 heavy (non-hydrogen) atoms. The number of piperazine rings is 1. The third-order valence-corrected chi connectivity index (χ3v) is 3.23. The fourth-order valence-electron chi connectivity index (χ4n) is 1.96. The molecule has 0 atom stereocenters. The maximum absolute atomic E-state index is 11.9. The third kappa shape index (κ3) is 3.88. The minimum atomic E-state index is -0.164. The lowest BCUT2D eigenvalue weighted by molar-refractivity contribution is -0.119. The largest absolute Gasteiger partial charge is 0.473 e. The quantitative estimate of drug-likeness (QED) is 0.654. The Labute approximate surface area is 118 Å². The number of aryl methyl sites for hydroxylation is 1. The molecule has 0 saturated carbocycles. The number of hydrogen-bond acceptors (Lipinski definition) is 3. The van der Waals surface area contributed by atoms with Crippen molar-refractivity contribution in [2.45, 2.75) is 6.92 Å². The summed E-state index contributed by atoms with van der Waals surface area (Å²) in [6.07, 6.45) is 0.815. The summed E-state index contributed by atoms with van der Waals surface area (Å²) >= 11 is 0. The van der Waals surface area contributed by atoms with E-state index in [1.54, 1.807) is 9.80 Å². The predicted octanol–water partition coefficient (Wildman–Crippen LogP) is 0.815. The number of urea groups is 1. The monoisotopic (exact) mass is 277 g/mol. The summed E-state index contributed by atoms with van der Waals surface area (Å²) in [5.41, 5.74) is 1.16. The Hall–Kier alpha value is -2.24. The standard InChI is InChI=1S/C14H19N3O3/c1-12-2-4-13(5-3-12)20-10-15-14(19)17-8-6-16(11-18)7-9-17/h2-5,11H,6-10H2,1H3,(H,15,19). The van der Waals surface area contributed by atoms with Crippen LogP contribution in [0.1, 0.15) is 5.56 Å². The highest BCUT2D eigenvalue weighted by Gasteiger charge is 2.19. The van der Waals surface area contributed by atoms with Gasteiger partial charge in [-0.2, -0.15) is 0 Å². The van der Waals surface area contributed by atoms with Gasteiger partial charge in [-0.15, -0.1) is 0 Å². The molecule has 0 bridgehead atoms. The first-order chi connectivity index (χ1) is 9.69. The minimum absolute atomic E-state index is 0.135. The molecule has 108 valence electrons. The van der Waals surface area contributed by atoms with Crippen molar-refractivity contribution in [2.75, 3.05) is 32.9 Å². The molecule has 1 saturated heterocycles. The zero-order valence-electron chi connectivity index (χ0n) is 11.5. The molecule has 1 aromatic carbocycles. The average molecular weight is 277 g/mol. The molecule has 1 heterocycles. The van der Waals surface area contributed by atoms with Crippen LogP contribution < -0.4 is 10.1 Å². The first-order valence-corrected chi connectivity index (χ1v) is 6.60. The van der Waals surface area contributed by atoms with Crippen molar-refractivity contribution in [3.05, 3.63) is 29.8 Å². The highest BCUT2D eigenvalue weighted by Crippen LogP contribution is 2.10. The van der Waals surface area contributed by atoms with Crippen LogP contribution in [0.4, 0.5) is 4.79 Å². The van der Waals surface area contributed by atoms with E-state index in [9.17, 15) is 9.59 Å². The van der Waals surface area contributed by atoms with Gasteiger partial charge in [-0.3, -0.25) is 4.79 Å². The van der Waals surface area contributed by atoms with Crippen LogP contribution in [0.3, 0.4) is 0 Å². The van der Waals surface area contributed by atoms with Gasteiger partial charge in [0.25, 0.3) is 0 Å². The fraction of sp³-hybridized carbons (Fsp3) is 0.429. The number of nitrogens with zero attached hydrogens (tertiary/aromatic N) is 2. The average Bonchev–Trinajstić information content (AvgIpc) is 2.49. The van der Waals surface area contributed by atoms with Gasteiger partial charge in [0, 0.05) is 26.2 Å². The van der Waals surface area contributed by atoms with Crippen molar-refractivity contribution in [2.24, 2.45) is 0 Å². The van der Waals surface area contributed by atoms with E-state index in [4.69, 9.17) is 4.74 Å². The first-order valence-electron chi connectivity index (χ1n) is 6.60. The zero-order chi connectivity index (χ0) is 14.4. The number of carbonyl (C=O) groups excluding carboxylic acids is 2. The Morgan fingerprint density at radius 2 is 1.90 bits per heavy atom. The molecule has 1 aliphatic rings. The van der Waals surface area contributed by atoms with E-state index in [-0.39, 0.29) is 12.8 Å². The smallest absolute Gasteiger partial charge is 0.320 e. The van der Waals surface area contributed by atoms with Gasteiger partial charge >= 0.3 is 6.03 Å². The topological polar surface area (TPSA) is 61.9 Å². The number of nitrogens with one attached hydrogen (secondary N) is 1. The lowest BCUT2D eigenvalue weighted by Gasteiger charge is -2.32. The maximum Gasteiger partial charge on any atom is 0.320 e. The highest BCUT2D eigenvalue weighted by molar-refractivity contribution is 5.74. The van der Waals surface area contributed by atoms with E-state index in [2.05, 4.69) is 5.32 Å². The predicted molar refractivity (Wildman–Crippen MR) is 74.4 cm³/mol. The Bertz CT molecular complexity index is 453. The van der Waals surface area contributed by atoms with Crippen molar-refractivity contribution < 1.29 is 14.3 Å². The molecule has 2 rings (SSSR count). The lowest BCUT2D eigenvalue weighted by atomic mass is 10.2. The molecule has 0 aromatic heterocycles. The van der Waals surface area contributed by atoms with Gasteiger partial charge in [0.15, 0.2) is 6.73 Å². The molecule has 1 aliphatic heterocycles. The van der Waals surface area contributed by atoms with Gasteiger partial charge in [-0.1, -0.05) is 17.7 Å². The van der Waals surface area contributed by atoms with Gasteiger partial charge in [-0.25, -0.2) is 4.79 Å². The SMILES string of the molecule is Cc1ccc(OCNC(=O)N2CCN(C=O)CC2)cc1. The summed E-state index contributed by atoms with van der Waals surface area (Å²) in [7, 11) is 0. The molecule has 0 spiro atoms. The van der Waals surface area contributed by atoms with E-state index >= 15 is 0 Å². The van der Waals surface area contributed by atoms with Crippen LogP contribution in [0, 0.1) is 6.92 Å². The molecular formula is C14H19N3O3. The molecule has 6 nitrogen and oxygen atoms in total. The van der Waals surface area contributed by atoms with E-state index in [1.165, 1.54) is 0 Å². The summed E-state index contributed by atoms with van der Waals surface area (Å²) in [6, 6.07) is 7.47. The summed E-state index contributed by atoms with van der Waals surface area (Å²) in [5, 5.41) is 2.71. The number of ether oxygens (including phenoxy) is 1. The third-order valence-electron chi connectivity index (χ3n) is 3.23. The second-order valence-electron chi connectivity index (χ2n) is 4.71. The maximum atomic E-state index is 11.9. The van der Waals surface area contributed by atoms with E-state index in [1.807, 2.05) is 31.2 Å². The van der Waals surface area contributed by atoms with E-state index in [0.29, 0.717) is 26.2 Å². The zero-order valence-corrected chi connectivity index (χ0v) is 11.5. The Morgan fingerprint density at radius 3 is 2.50 bits per heavy atom. The van der Waals surface area contributed by atoms with Crippen molar-refractivity contribution in [3.63, 3.8) is 0 Å². The molecule has 1 N–H and O–H groups in total. The molecule has 1 aromatic rings. The number of carbonyl (C=O) groups is 2. The minimum Gasteiger partial charge on any atom is -0.473 e. The fourth-order valence-corrected chi connectivity index (χ4v) is 1.96. The van der Waals surface area contributed by atoms with E-state index in [0.717, 1.165) is 17.7 Å². The van der Waals surface area contributed by atoms with Gasteiger partial charge in [0.1, 0.15) is 5.75 Å². The second kappa shape index (κ2) is 6.79. The highest BCUT2D eigenvalue weighted by atomic mass is 16.5. The lowest BCUT2D eigenvalue weighted by Crippen LogP contribution is -2.51. The number of amides is 3. The molecule has 3 amide bonds. The van der Waals surface area contributed by atoms with Gasteiger partial charge < -0.3 is 19.9 Å². The summed E-state index contributed by atoms with van der Waals surface area (Å²) in [6.45, 7) is 4.40. The van der Waals surface area contributed by atoms with Crippen molar-refractivity contribution in [1.29, 1.82) is 0 Å². The number of hydrogen-bond donors (Lipinski definition) is 1. The summed E-state index contributed by atoms with van der Waals surface area (Å²) < 4.78 is 5.44. The van der Waals surface area contributed by atoms with Crippen LogP contribution in [0.2, 0.25) is 0 Å². The van der Waals surface area contributed by atoms with Crippen LogP contribution in [-0.4, -0.2) is 55.2 Å². The van der Waals surface area contributed by atoms with Crippen LogP contribution in [0.25, 0.3) is 0 Å². The summed E-state index contributed by atoms with van der Waals surface area (Å²) in [4.78, 5) is 25.8. The molecule has 6 heteroatoms. The van der Waals surface area contributed by atoms with Crippen LogP contribution in [0.5, 0.6) is 5.75 Å². The molecule has 0 aliphatic carbocycles. The molecule has 1 fully saturated rings. The molecule has 0 radical (unpaired) electrons. The van der Waals surface area contributed by atoms with Crippen molar-refractivity contribution in [3.8, 4) is 5.75 Å². The Morgan fingerprint density at radius 1 is 1.25 bits per heavy atom. The van der Waals surface area contributed by atoms with Crippen molar-refractivity contribution >= 4 is 12.4 Å². The van der Waals surface area contributed by atoms with Crippen LogP contribution >= 0.6 is 0 Å². The van der Waals surface area contributed by atoms with Gasteiger partial charge in [-0.05, 0) is 19.1 Å². The van der Waals surface area contributed by atoms with Crippen LogP contribution in [-0.2, 0) is 4.79 Å². The van der Waals surface area contributed by atoms with Gasteiger partial charge in [0.2, 0.25) is 6.41 Å². The van der Waals surface area contributed by atoms with Gasteiger partial charge in [0.05, 0.1) is 0 Å². The van der Waals surface area contributed by atoms with E-state index < -0.39 is 0 Å². The normalized spacial score (nSPS) is 14.8. The van der Waals surface area contributed by atoms with Crippen LogP contribution in [0.15, 0.2) is 24.3 Å². The molecule has 0 unspecified atom stereocenters. The van der Waals surface area contributed by atoms with Crippen molar-refractivity contribution in [1.82, 2.24) is 15.1 Å². The summed E-state index contributed by atoms with van der Waals surface area (Å²) in [5.74, 6) is 0.724. The number of rotatable bonds is 4. The second-order valence-corrected chi connectivity index (χ2v) is 4.71. The Kier molecular flexibility index (Phi) is 4.81. The Balaban J connectivity index is 1.70. The first kappa shape index (κ1) is 14.2. The number of benzene rings is 1.